The van der Waals surface area contributed by atoms with Crippen molar-refractivity contribution < 1.29 is 9.53 Å². The molecule has 2 heterocycles. The van der Waals surface area contributed by atoms with Gasteiger partial charge in [-0.15, -0.1) is 0 Å². The summed E-state index contributed by atoms with van der Waals surface area (Å²) in [6, 6.07) is 35.8. The highest BCUT2D eigenvalue weighted by molar-refractivity contribution is 6.30. The first-order chi connectivity index (χ1) is 24.0. The standard InChI is InChI=1S/C39H34ClN7O2/c1-2-27-8-16-31(41-26-27)24-25-49-35-21-9-28(10-22-35)11-23-36(48)29-12-17-33(18-13-29)43-38-45-37(42-32-6-4-3-5-7-32)46-39(47-38)44-34-19-14-30(40)15-20-34/h3-23,26H,2,24-25H2,1H3,(H3,42,43,44,45,46,47)/b23-11+. The first-order valence-electron chi connectivity index (χ1n) is 15.9. The monoisotopic (exact) mass is 667 g/mol. The Kier molecular flexibility index (Phi) is 10.8. The molecule has 0 spiro atoms. The van der Waals surface area contributed by atoms with Crippen LogP contribution in [0.3, 0.4) is 0 Å². The van der Waals surface area contributed by atoms with Gasteiger partial charge in [-0.1, -0.05) is 61.0 Å². The Bertz CT molecular complexity index is 2000. The highest BCUT2D eigenvalue weighted by Gasteiger charge is 2.10. The number of ketones is 1. The number of para-hydroxylation sites is 1. The van der Waals surface area contributed by atoms with Gasteiger partial charge >= 0.3 is 0 Å². The maximum atomic E-state index is 12.9. The van der Waals surface area contributed by atoms with Crippen molar-refractivity contribution in [3.8, 4) is 5.75 Å². The summed E-state index contributed by atoms with van der Waals surface area (Å²) in [5.41, 5.74) is 5.99. The average molecular weight is 668 g/mol. The molecule has 0 aliphatic heterocycles. The van der Waals surface area contributed by atoms with E-state index in [4.69, 9.17) is 16.3 Å². The van der Waals surface area contributed by atoms with Gasteiger partial charge in [-0.25, -0.2) is 0 Å². The van der Waals surface area contributed by atoms with Crippen LogP contribution in [0.15, 0.2) is 128 Å². The average Bonchev–Trinajstić information content (AvgIpc) is 3.13. The number of allylic oxidation sites excluding steroid dienone is 1. The number of pyridine rings is 1. The zero-order valence-corrected chi connectivity index (χ0v) is 27.6. The predicted molar refractivity (Wildman–Crippen MR) is 197 cm³/mol. The maximum Gasteiger partial charge on any atom is 0.233 e. The van der Waals surface area contributed by atoms with Crippen LogP contribution < -0.4 is 20.7 Å². The molecule has 9 nitrogen and oxygen atoms in total. The topological polar surface area (TPSA) is 114 Å². The number of anilines is 6. The van der Waals surface area contributed by atoms with Crippen LogP contribution in [0.4, 0.5) is 34.9 Å². The Morgan fingerprint density at radius 2 is 1.31 bits per heavy atom. The van der Waals surface area contributed by atoms with Gasteiger partial charge in [0, 0.05) is 46.0 Å². The number of nitrogens with zero attached hydrogens (tertiary/aromatic N) is 4. The molecule has 4 aromatic carbocycles. The minimum absolute atomic E-state index is 0.113. The number of ether oxygens (including phenoxy) is 1. The van der Waals surface area contributed by atoms with Crippen molar-refractivity contribution in [2.75, 3.05) is 22.6 Å². The molecule has 6 rings (SSSR count). The van der Waals surface area contributed by atoms with Gasteiger partial charge in [0.25, 0.3) is 0 Å². The van der Waals surface area contributed by atoms with Gasteiger partial charge < -0.3 is 20.7 Å². The highest BCUT2D eigenvalue weighted by Crippen LogP contribution is 2.22. The van der Waals surface area contributed by atoms with E-state index in [1.807, 2.05) is 79.0 Å². The molecule has 0 saturated carbocycles. The molecular formula is C39H34ClN7O2. The van der Waals surface area contributed by atoms with Crippen molar-refractivity contribution in [1.82, 2.24) is 19.9 Å². The third-order valence-electron chi connectivity index (χ3n) is 7.42. The summed E-state index contributed by atoms with van der Waals surface area (Å²) >= 11 is 6.04. The van der Waals surface area contributed by atoms with Gasteiger partial charge in [-0.2, -0.15) is 15.0 Å². The third kappa shape index (κ3) is 9.73. The van der Waals surface area contributed by atoms with E-state index in [1.165, 1.54) is 5.56 Å². The Balaban J connectivity index is 1.06. The second-order valence-corrected chi connectivity index (χ2v) is 11.4. The van der Waals surface area contributed by atoms with Crippen LogP contribution in [0.1, 0.15) is 34.1 Å². The molecule has 0 saturated heterocycles. The summed E-state index contributed by atoms with van der Waals surface area (Å²) in [5, 5.41) is 10.3. The molecule has 0 amide bonds. The largest absolute Gasteiger partial charge is 0.493 e. The molecule has 0 unspecified atom stereocenters. The molecular weight excluding hydrogens is 634 g/mol. The van der Waals surface area contributed by atoms with E-state index in [-0.39, 0.29) is 5.78 Å². The van der Waals surface area contributed by atoms with E-state index >= 15 is 0 Å². The number of hydrogen-bond donors (Lipinski definition) is 3. The number of carbonyl (C=O) groups is 1. The lowest BCUT2D eigenvalue weighted by Gasteiger charge is -2.12. The Hall–Kier alpha value is -6.06. The number of aryl methyl sites for hydroxylation is 1. The maximum absolute atomic E-state index is 12.9. The van der Waals surface area contributed by atoms with Gasteiger partial charge in [0.1, 0.15) is 5.75 Å². The number of aromatic nitrogens is 4. The fraction of sp³-hybridized carbons (Fsp3) is 0.103. The lowest BCUT2D eigenvalue weighted by Crippen LogP contribution is -2.07. The summed E-state index contributed by atoms with van der Waals surface area (Å²) in [5.74, 6) is 1.66. The number of benzene rings is 4. The van der Waals surface area contributed by atoms with Crippen molar-refractivity contribution in [2.24, 2.45) is 0 Å². The second-order valence-electron chi connectivity index (χ2n) is 11.0. The van der Waals surface area contributed by atoms with E-state index in [9.17, 15) is 4.79 Å². The minimum atomic E-state index is -0.113. The molecule has 244 valence electrons. The Morgan fingerprint density at radius 1 is 0.714 bits per heavy atom. The smallest absolute Gasteiger partial charge is 0.233 e. The number of carbonyl (C=O) groups excluding carboxylic acids is 1. The summed E-state index contributed by atoms with van der Waals surface area (Å²) < 4.78 is 5.88. The summed E-state index contributed by atoms with van der Waals surface area (Å²) in [7, 11) is 0. The fourth-order valence-electron chi connectivity index (χ4n) is 4.73. The molecule has 10 heteroatoms. The van der Waals surface area contributed by atoms with Gasteiger partial charge in [-0.05, 0) is 102 Å². The van der Waals surface area contributed by atoms with Crippen LogP contribution in [-0.2, 0) is 12.8 Å². The number of hydrogen-bond acceptors (Lipinski definition) is 9. The molecule has 3 N–H and O–H groups in total. The van der Waals surface area contributed by atoms with E-state index < -0.39 is 0 Å². The van der Waals surface area contributed by atoms with E-state index in [0.717, 1.165) is 41.2 Å². The Labute approximate surface area is 290 Å². The minimum Gasteiger partial charge on any atom is -0.493 e. The quantitative estimate of drug-likeness (QED) is 0.0772. The van der Waals surface area contributed by atoms with E-state index in [1.54, 1.807) is 48.6 Å². The van der Waals surface area contributed by atoms with Gasteiger partial charge in [0.15, 0.2) is 5.78 Å². The van der Waals surface area contributed by atoms with Gasteiger partial charge in [-0.3, -0.25) is 9.78 Å². The lowest BCUT2D eigenvalue weighted by molar-refractivity contribution is 0.104. The molecule has 49 heavy (non-hydrogen) atoms. The molecule has 0 fully saturated rings. The van der Waals surface area contributed by atoms with Gasteiger partial charge in [0.2, 0.25) is 17.8 Å². The van der Waals surface area contributed by atoms with Crippen LogP contribution in [-0.4, -0.2) is 32.3 Å². The van der Waals surface area contributed by atoms with Crippen LogP contribution in [0, 0.1) is 0 Å². The molecule has 0 atom stereocenters. The molecule has 0 aliphatic rings. The third-order valence-corrected chi connectivity index (χ3v) is 7.67. The van der Waals surface area contributed by atoms with Crippen molar-refractivity contribution in [3.63, 3.8) is 0 Å². The van der Waals surface area contributed by atoms with Gasteiger partial charge in [0.05, 0.1) is 6.61 Å². The zero-order valence-electron chi connectivity index (χ0n) is 26.8. The van der Waals surface area contributed by atoms with Crippen LogP contribution in [0.2, 0.25) is 5.02 Å². The normalized spacial score (nSPS) is 10.9. The molecule has 2 aromatic heterocycles. The second kappa shape index (κ2) is 16.2. The molecule has 6 aromatic rings. The van der Waals surface area contributed by atoms with Crippen molar-refractivity contribution in [3.05, 3.63) is 155 Å². The summed E-state index contributed by atoms with van der Waals surface area (Å²) in [4.78, 5) is 31.0. The first kappa shape index (κ1) is 32.9. The van der Waals surface area contributed by atoms with E-state index in [2.05, 4.69) is 48.9 Å². The summed E-state index contributed by atoms with van der Waals surface area (Å²) in [6.45, 7) is 2.65. The molecule has 0 radical (unpaired) electrons. The number of halogens is 1. The fourth-order valence-corrected chi connectivity index (χ4v) is 4.86. The lowest BCUT2D eigenvalue weighted by atomic mass is 10.1. The molecule has 0 aliphatic carbocycles. The summed E-state index contributed by atoms with van der Waals surface area (Å²) in [6.07, 6.45) is 6.98. The SMILES string of the molecule is CCc1ccc(CCOc2ccc(/C=C/C(=O)c3ccc(Nc4nc(Nc5ccccc5)nc(Nc5ccc(Cl)cc5)n4)cc3)cc2)nc1. The van der Waals surface area contributed by atoms with Crippen molar-refractivity contribution in [1.29, 1.82) is 0 Å². The van der Waals surface area contributed by atoms with Crippen LogP contribution >= 0.6 is 11.6 Å². The zero-order chi connectivity index (χ0) is 33.8. The predicted octanol–water partition coefficient (Wildman–Crippen LogP) is 9.23. The number of rotatable bonds is 14. The van der Waals surface area contributed by atoms with E-state index in [0.29, 0.717) is 40.7 Å². The van der Waals surface area contributed by atoms with Crippen molar-refractivity contribution >= 4 is 58.4 Å². The highest BCUT2D eigenvalue weighted by atomic mass is 35.5. The number of nitrogens with one attached hydrogen (secondary N) is 3. The Morgan fingerprint density at radius 3 is 1.88 bits per heavy atom. The van der Waals surface area contributed by atoms with Crippen molar-refractivity contribution in [2.45, 2.75) is 19.8 Å². The first-order valence-corrected chi connectivity index (χ1v) is 16.2. The van der Waals surface area contributed by atoms with Crippen LogP contribution in [0.25, 0.3) is 6.08 Å². The van der Waals surface area contributed by atoms with Crippen LogP contribution in [0.5, 0.6) is 5.75 Å². The molecule has 0 bridgehead atoms.